The van der Waals surface area contributed by atoms with Crippen molar-refractivity contribution in [3.05, 3.63) is 90.6 Å². The van der Waals surface area contributed by atoms with Gasteiger partial charge in [0.2, 0.25) is 0 Å². The Labute approximate surface area is 203 Å². The van der Waals surface area contributed by atoms with E-state index in [0.29, 0.717) is 42.8 Å². The first kappa shape index (κ1) is 22.3. The lowest BCUT2D eigenvalue weighted by molar-refractivity contribution is 0.0940. The van der Waals surface area contributed by atoms with Crippen molar-refractivity contribution >= 4 is 29.0 Å². The summed E-state index contributed by atoms with van der Waals surface area (Å²) in [5, 5.41) is 14.0. The number of ether oxygens (including phenoxy) is 1. The molecule has 0 aliphatic carbocycles. The van der Waals surface area contributed by atoms with Crippen molar-refractivity contribution in [2.24, 2.45) is 0 Å². The number of nitrogens with two attached hydrogens (primary N) is 1. The van der Waals surface area contributed by atoms with Gasteiger partial charge in [-0.2, -0.15) is 0 Å². The number of urea groups is 1. The molecule has 3 heterocycles. The van der Waals surface area contributed by atoms with Gasteiger partial charge in [0.05, 0.1) is 30.6 Å². The van der Waals surface area contributed by atoms with E-state index in [1.807, 2.05) is 72.8 Å². The molecule has 1 atom stereocenters. The fourth-order valence-corrected chi connectivity index (χ4v) is 4.10. The molecule has 1 saturated heterocycles. The van der Waals surface area contributed by atoms with Crippen molar-refractivity contribution in [1.82, 2.24) is 15.2 Å². The normalized spacial score (nSPS) is 15.4. The Bertz CT molecular complexity index is 1300. The summed E-state index contributed by atoms with van der Waals surface area (Å²) in [6.07, 6.45) is 1.72. The van der Waals surface area contributed by atoms with Gasteiger partial charge in [-0.25, -0.2) is 9.78 Å². The third-order valence-electron chi connectivity index (χ3n) is 5.76. The van der Waals surface area contributed by atoms with Crippen LogP contribution in [0.3, 0.4) is 0 Å². The third-order valence-corrected chi connectivity index (χ3v) is 5.76. The molecule has 1 unspecified atom stereocenters. The topological polar surface area (TPSA) is 118 Å². The van der Waals surface area contributed by atoms with Gasteiger partial charge in [-0.3, -0.25) is 5.32 Å². The first-order chi connectivity index (χ1) is 17.2. The second-order valence-electron chi connectivity index (χ2n) is 8.04. The molecule has 35 heavy (non-hydrogen) atoms. The van der Waals surface area contributed by atoms with Crippen LogP contribution in [0.5, 0.6) is 0 Å². The largest absolute Gasteiger partial charge is 0.396 e. The van der Waals surface area contributed by atoms with Crippen molar-refractivity contribution in [3.8, 4) is 11.3 Å². The maximum atomic E-state index is 12.8. The molecular weight excluding hydrogens is 442 g/mol. The molecule has 2 aromatic carbocycles. The van der Waals surface area contributed by atoms with Crippen LogP contribution in [0.2, 0.25) is 0 Å². The number of pyridine rings is 1. The number of aromatic nitrogens is 3. The maximum absolute atomic E-state index is 12.8. The number of rotatable bonds is 5. The number of morpholine rings is 1. The number of carbonyl (C=O) groups excluding carboxylic acids is 1. The summed E-state index contributed by atoms with van der Waals surface area (Å²) < 4.78 is 5.77. The Morgan fingerprint density at radius 2 is 1.77 bits per heavy atom. The summed E-state index contributed by atoms with van der Waals surface area (Å²) in [6, 6.07) is 24.0. The Hall–Kier alpha value is -4.50. The Kier molecular flexibility index (Phi) is 6.49. The number of carbonyl (C=O) groups is 1. The maximum Gasteiger partial charge on any atom is 0.324 e. The fourth-order valence-electron chi connectivity index (χ4n) is 4.10. The monoisotopic (exact) mass is 467 g/mol. The molecule has 9 heteroatoms. The van der Waals surface area contributed by atoms with E-state index in [4.69, 9.17) is 10.5 Å². The van der Waals surface area contributed by atoms with Gasteiger partial charge in [-0.05, 0) is 30.3 Å². The minimum absolute atomic E-state index is 0.164. The molecule has 0 radical (unpaired) electrons. The van der Waals surface area contributed by atoms with Crippen molar-refractivity contribution in [1.29, 1.82) is 0 Å². The average molecular weight is 468 g/mol. The highest BCUT2D eigenvalue weighted by Gasteiger charge is 2.29. The lowest BCUT2D eigenvalue weighted by Gasteiger charge is -2.38. The molecule has 1 aliphatic heterocycles. The Morgan fingerprint density at radius 3 is 2.57 bits per heavy atom. The zero-order chi connectivity index (χ0) is 24.0. The summed E-state index contributed by atoms with van der Waals surface area (Å²) in [5.41, 5.74) is 10.1. The van der Waals surface area contributed by atoms with E-state index in [2.05, 4.69) is 30.7 Å². The van der Waals surface area contributed by atoms with Crippen LogP contribution in [0, 0.1) is 0 Å². The second kappa shape index (κ2) is 10.2. The number of nitrogen functional groups attached to an aromatic ring is 1. The molecule has 1 fully saturated rings. The summed E-state index contributed by atoms with van der Waals surface area (Å²) in [4.78, 5) is 19.4. The van der Waals surface area contributed by atoms with E-state index in [-0.39, 0.29) is 6.04 Å². The van der Waals surface area contributed by atoms with E-state index < -0.39 is 6.03 Å². The van der Waals surface area contributed by atoms with Crippen LogP contribution in [-0.2, 0) is 4.74 Å². The molecule has 2 amide bonds. The van der Waals surface area contributed by atoms with Gasteiger partial charge >= 0.3 is 6.03 Å². The standard InChI is InChI=1S/C26H25N7O2/c27-20-10-6-14-28-25(20)33-15-16-35-17-23(33)19-9-4-5-11-22(19)29-26(34)30-24-13-12-21(31-32-24)18-7-2-1-3-8-18/h1-14,23H,15-17,27H2,(H2,29,30,32,34). The van der Waals surface area contributed by atoms with Crippen molar-refractivity contribution in [2.45, 2.75) is 6.04 Å². The average Bonchev–Trinajstić information content (AvgIpc) is 2.90. The van der Waals surface area contributed by atoms with E-state index in [1.165, 1.54) is 0 Å². The van der Waals surface area contributed by atoms with E-state index in [9.17, 15) is 4.79 Å². The van der Waals surface area contributed by atoms with Crippen LogP contribution in [0.15, 0.2) is 85.1 Å². The molecule has 2 aromatic heterocycles. The molecule has 0 bridgehead atoms. The zero-order valence-corrected chi connectivity index (χ0v) is 19.0. The molecule has 9 nitrogen and oxygen atoms in total. The van der Waals surface area contributed by atoms with Crippen LogP contribution < -0.4 is 21.3 Å². The van der Waals surface area contributed by atoms with Gasteiger partial charge in [-0.15, -0.1) is 10.2 Å². The van der Waals surface area contributed by atoms with Crippen molar-refractivity contribution in [3.63, 3.8) is 0 Å². The summed E-state index contributed by atoms with van der Waals surface area (Å²) >= 11 is 0. The molecule has 5 rings (SSSR count). The van der Waals surface area contributed by atoms with Crippen LogP contribution >= 0.6 is 0 Å². The number of nitrogens with zero attached hydrogens (tertiary/aromatic N) is 4. The summed E-state index contributed by atoms with van der Waals surface area (Å²) in [5.74, 6) is 1.05. The minimum atomic E-state index is -0.417. The van der Waals surface area contributed by atoms with Gasteiger partial charge in [0.25, 0.3) is 0 Å². The van der Waals surface area contributed by atoms with Gasteiger partial charge in [-0.1, -0.05) is 48.5 Å². The lowest BCUT2D eigenvalue weighted by atomic mass is 10.0. The van der Waals surface area contributed by atoms with Crippen LogP contribution in [0.1, 0.15) is 11.6 Å². The zero-order valence-electron chi connectivity index (χ0n) is 19.0. The van der Waals surface area contributed by atoms with Crippen molar-refractivity contribution in [2.75, 3.05) is 41.0 Å². The number of benzene rings is 2. The first-order valence-corrected chi connectivity index (χ1v) is 11.3. The summed E-state index contributed by atoms with van der Waals surface area (Å²) in [6.45, 7) is 1.65. The van der Waals surface area contributed by atoms with Crippen molar-refractivity contribution < 1.29 is 9.53 Å². The van der Waals surface area contributed by atoms with Crippen LogP contribution in [-0.4, -0.2) is 41.0 Å². The minimum Gasteiger partial charge on any atom is -0.396 e. The first-order valence-electron chi connectivity index (χ1n) is 11.3. The van der Waals surface area contributed by atoms with Gasteiger partial charge in [0, 0.05) is 29.6 Å². The van der Waals surface area contributed by atoms with E-state index in [1.54, 1.807) is 12.3 Å². The Morgan fingerprint density at radius 1 is 0.943 bits per heavy atom. The summed E-state index contributed by atoms with van der Waals surface area (Å²) in [7, 11) is 0. The SMILES string of the molecule is Nc1cccnc1N1CCOCC1c1ccccc1NC(=O)Nc1ccc(-c2ccccc2)nn1. The van der Waals surface area contributed by atoms with E-state index in [0.717, 1.165) is 16.8 Å². The molecule has 1 aliphatic rings. The van der Waals surface area contributed by atoms with Gasteiger partial charge in [0.15, 0.2) is 11.6 Å². The predicted octanol–water partition coefficient (Wildman–Crippen LogP) is 4.34. The fraction of sp³-hybridized carbons (Fsp3) is 0.154. The lowest BCUT2D eigenvalue weighted by Crippen LogP contribution is -2.41. The molecule has 4 N–H and O–H groups in total. The van der Waals surface area contributed by atoms with Crippen LogP contribution in [0.25, 0.3) is 11.3 Å². The number of amides is 2. The smallest absolute Gasteiger partial charge is 0.324 e. The molecule has 0 spiro atoms. The highest BCUT2D eigenvalue weighted by Crippen LogP contribution is 2.35. The van der Waals surface area contributed by atoms with Gasteiger partial charge in [0.1, 0.15) is 0 Å². The highest BCUT2D eigenvalue weighted by atomic mass is 16.5. The number of para-hydroxylation sites is 1. The molecule has 4 aromatic rings. The van der Waals surface area contributed by atoms with E-state index >= 15 is 0 Å². The number of nitrogens with one attached hydrogen (secondary N) is 2. The molecular formula is C26H25N7O2. The van der Waals surface area contributed by atoms with Gasteiger partial charge < -0.3 is 20.7 Å². The number of hydrogen-bond donors (Lipinski definition) is 3. The molecule has 0 saturated carbocycles. The Balaban J connectivity index is 1.33. The predicted molar refractivity (Wildman–Crippen MR) is 136 cm³/mol. The second-order valence-corrected chi connectivity index (χ2v) is 8.04. The quantitative estimate of drug-likeness (QED) is 0.399. The number of anilines is 4. The highest BCUT2D eigenvalue weighted by molar-refractivity contribution is 5.99. The molecule has 176 valence electrons. The third kappa shape index (κ3) is 5.04. The van der Waals surface area contributed by atoms with Crippen LogP contribution in [0.4, 0.5) is 27.8 Å². The number of hydrogen-bond acceptors (Lipinski definition) is 7.